The fraction of sp³-hybridized carbons (Fsp3) is 0.400. The smallest absolute Gasteiger partial charge is 0.286 e. The summed E-state index contributed by atoms with van der Waals surface area (Å²) in [6.07, 6.45) is 3.25. The zero-order valence-corrected chi connectivity index (χ0v) is 18.7. The lowest BCUT2D eigenvalue weighted by Crippen LogP contribution is -2.47. The second-order valence-corrected chi connectivity index (χ2v) is 8.01. The number of ether oxygens (including phenoxy) is 2. The molecule has 11 heteroatoms. The third-order valence-electron chi connectivity index (χ3n) is 5.04. The Hall–Kier alpha value is -2.30. The molecule has 2 aromatic rings. The number of halogens is 2. The highest BCUT2D eigenvalue weighted by molar-refractivity contribution is 6.42. The molecule has 31 heavy (non-hydrogen) atoms. The van der Waals surface area contributed by atoms with Crippen molar-refractivity contribution in [2.45, 2.75) is 25.5 Å². The first-order chi connectivity index (χ1) is 14.8. The van der Waals surface area contributed by atoms with E-state index in [2.05, 4.69) is 5.43 Å². The zero-order chi connectivity index (χ0) is 22.5. The molecule has 3 rings (SSSR count). The second-order valence-electron chi connectivity index (χ2n) is 7.20. The number of rotatable bonds is 8. The van der Waals surface area contributed by atoms with Gasteiger partial charge >= 0.3 is 0 Å². The van der Waals surface area contributed by atoms with Crippen molar-refractivity contribution in [3.05, 3.63) is 51.3 Å². The highest BCUT2D eigenvalue weighted by Crippen LogP contribution is 2.29. The van der Waals surface area contributed by atoms with Gasteiger partial charge in [-0.15, -0.1) is 0 Å². The van der Waals surface area contributed by atoms with Crippen molar-refractivity contribution >= 4 is 35.0 Å². The molecule has 3 N–H and O–H groups in total. The molecule has 0 saturated carbocycles. The van der Waals surface area contributed by atoms with Gasteiger partial charge in [0, 0.05) is 26.9 Å². The fourth-order valence-electron chi connectivity index (χ4n) is 3.55. The van der Waals surface area contributed by atoms with Crippen LogP contribution in [0.5, 0.6) is 5.75 Å². The monoisotopic (exact) mass is 470 g/mol. The molecule has 0 spiro atoms. The molecular weight excluding hydrogens is 447 g/mol. The van der Waals surface area contributed by atoms with E-state index in [0.717, 1.165) is 12.8 Å². The minimum atomic E-state index is -0.794. The third-order valence-corrected chi connectivity index (χ3v) is 5.78. The molecule has 1 aromatic carbocycles. The van der Waals surface area contributed by atoms with E-state index in [1.807, 2.05) is 5.01 Å². The summed E-state index contributed by atoms with van der Waals surface area (Å²) in [6, 6.07) is 5.06. The standard InChI is InChI=1S/C20H24Cl2N4O5/c1-25-9-14(19(27)24-29)18(31-10-12-5-6-15(21)16(22)8-12)17(25)20(28)23-26-7-3-4-13(26)11-30-2/h5-6,8-9,13,29H,3-4,7,10-11H2,1-2H3,(H,23,28)(H,24,27). The van der Waals surface area contributed by atoms with Crippen LogP contribution in [0.3, 0.4) is 0 Å². The molecule has 1 aliphatic heterocycles. The molecule has 1 fully saturated rings. The summed E-state index contributed by atoms with van der Waals surface area (Å²) in [6.45, 7) is 1.21. The van der Waals surface area contributed by atoms with Crippen LogP contribution >= 0.6 is 23.2 Å². The average Bonchev–Trinajstić information content (AvgIpc) is 3.32. The van der Waals surface area contributed by atoms with Crippen molar-refractivity contribution in [2.75, 3.05) is 20.3 Å². The maximum atomic E-state index is 13.1. The van der Waals surface area contributed by atoms with Crippen LogP contribution in [0.2, 0.25) is 10.0 Å². The van der Waals surface area contributed by atoms with Crippen molar-refractivity contribution in [1.29, 1.82) is 0 Å². The van der Waals surface area contributed by atoms with Gasteiger partial charge in [-0.2, -0.15) is 0 Å². The van der Waals surface area contributed by atoms with Gasteiger partial charge < -0.3 is 14.0 Å². The Kier molecular flexibility index (Phi) is 7.79. The summed E-state index contributed by atoms with van der Waals surface area (Å²) >= 11 is 12.0. The summed E-state index contributed by atoms with van der Waals surface area (Å²) in [5.41, 5.74) is 5.31. The molecule has 2 amide bonds. The Morgan fingerprint density at radius 3 is 2.71 bits per heavy atom. The van der Waals surface area contributed by atoms with E-state index in [4.69, 9.17) is 37.9 Å². The van der Waals surface area contributed by atoms with Crippen molar-refractivity contribution < 1.29 is 24.3 Å². The number of hydroxylamine groups is 1. The SMILES string of the molecule is COCC1CCCN1NC(=O)c1c(OCc2ccc(Cl)c(Cl)c2)c(C(=O)NO)cn1C. The van der Waals surface area contributed by atoms with Gasteiger partial charge in [-0.25, -0.2) is 10.5 Å². The number of methoxy groups -OCH3 is 1. The van der Waals surface area contributed by atoms with Gasteiger partial charge in [-0.3, -0.25) is 20.2 Å². The van der Waals surface area contributed by atoms with E-state index >= 15 is 0 Å². The molecule has 0 aliphatic carbocycles. The van der Waals surface area contributed by atoms with Crippen LogP contribution in [-0.4, -0.2) is 52.9 Å². The van der Waals surface area contributed by atoms with E-state index in [9.17, 15) is 9.59 Å². The number of hydrogen-bond donors (Lipinski definition) is 3. The molecule has 1 saturated heterocycles. The van der Waals surface area contributed by atoms with Crippen LogP contribution in [-0.2, 0) is 18.4 Å². The Bertz CT molecular complexity index is 965. The van der Waals surface area contributed by atoms with Gasteiger partial charge in [0.2, 0.25) is 0 Å². The number of carbonyl (C=O) groups excluding carboxylic acids is 2. The van der Waals surface area contributed by atoms with Gasteiger partial charge in [0.1, 0.15) is 12.2 Å². The largest absolute Gasteiger partial charge is 0.486 e. The molecule has 1 aromatic heterocycles. The number of nitrogens with one attached hydrogen (secondary N) is 2. The average molecular weight is 471 g/mol. The number of hydrogen-bond acceptors (Lipinski definition) is 6. The minimum Gasteiger partial charge on any atom is -0.486 e. The highest BCUT2D eigenvalue weighted by atomic mass is 35.5. The normalized spacial score (nSPS) is 16.4. The summed E-state index contributed by atoms with van der Waals surface area (Å²) in [5, 5.41) is 11.7. The van der Waals surface area contributed by atoms with Crippen LogP contribution in [0.15, 0.2) is 24.4 Å². The maximum Gasteiger partial charge on any atom is 0.286 e. The highest BCUT2D eigenvalue weighted by Gasteiger charge is 2.30. The van der Waals surface area contributed by atoms with Gasteiger partial charge in [-0.1, -0.05) is 29.3 Å². The first kappa shape index (κ1) is 23.4. The Labute approximate surface area is 189 Å². The Balaban J connectivity index is 1.86. The topological polar surface area (TPSA) is 105 Å². The van der Waals surface area contributed by atoms with Crippen molar-refractivity contribution in [2.24, 2.45) is 7.05 Å². The van der Waals surface area contributed by atoms with Crippen LogP contribution < -0.4 is 15.6 Å². The first-order valence-corrected chi connectivity index (χ1v) is 10.4. The number of benzene rings is 1. The molecular formula is C20H24Cl2N4O5. The van der Waals surface area contributed by atoms with Gasteiger partial charge in [-0.05, 0) is 30.5 Å². The Morgan fingerprint density at radius 2 is 2.03 bits per heavy atom. The van der Waals surface area contributed by atoms with Crippen LogP contribution in [0.25, 0.3) is 0 Å². The summed E-state index contributed by atoms with van der Waals surface area (Å²) in [5.74, 6) is -1.19. The predicted molar refractivity (Wildman–Crippen MR) is 115 cm³/mol. The fourth-order valence-corrected chi connectivity index (χ4v) is 3.87. The maximum absolute atomic E-state index is 13.1. The molecule has 1 aliphatic rings. The van der Waals surface area contributed by atoms with Crippen molar-refractivity contribution in [1.82, 2.24) is 20.5 Å². The zero-order valence-electron chi connectivity index (χ0n) is 17.2. The number of nitrogens with zero attached hydrogens (tertiary/aromatic N) is 2. The predicted octanol–water partition coefficient (Wildman–Crippen LogP) is 2.79. The molecule has 1 unspecified atom stereocenters. The number of aromatic nitrogens is 1. The number of aryl methyl sites for hydroxylation is 1. The lowest BCUT2D eigenvalue weighted by atomic mass is 10.2. The first-order valence-electron chi connectivity index (χ1n) is 9.62. The van der Waals surface area contributed by atoms with Crippen molar-refractivity contribution in [3.63, 3.8) is 0 Å². The summed E-state index contributed by atoms with van der Waals surface area (Å²) in [7, 11) is 3.23. The van der Waals surface area contributed by atoms with E-state index < -0.39 is 11.8 Å². The quantitative estimate of drug-likeness (QED) is 0.404. The molecule has 1 atom stereocenters. The molecule has 2 heterocycles. The van der Waals surface area contributed by atoms with E-state index in [1.54, 1.807) is 37.8 Å². The number of carbonyl (C=O) groups is 2. The van der Waals surface area contributed by atoms with Crippen LogP contribution in [0.4, 0.5) is 0 Å². The summed E-state index contributed by atoms with van der Waals surface area (Å²) in [4.78, 5) is 25.3. The molecule has 168 valence electrons. The molecule has 0 bridgehead atoms. The van der Waals surface area contributed by atoms with Gasteiger partial charge in [0.25, 0.3) is 11.8 Å². The van der Waals surface area contributed by atoms with Gasteiger partial charge in [0.15, 0.2) is 11.4 Å². The van der Waals surface area contributed by atoms with Crippen LogP contribution in [0.1, 0.15) is 39.3 Å². The van der Waals surface area contributed by atoms with Crippen molar-refractivity contribution in [3.8, 4) is 5.75 Å². The lowest BCUT2D eigenvalue weighted by molar-refractivity contribution is 0.0601. The second kappa shape index (κ2) is 10.3. The van der Waals surface area contributed by atoms with Gasteiger partial charge in [0.05, 0.1) is 22.7 Å². The van der Waals surface area contributed by atoms with E-state index in [1.165, 1.54) is 10.8 Å². The number of amides is 2. The molecule has 9 nitrogen and oxygen atoms in total. The molecule has 0 radical (unpaired) electrons. The minimum absolute atomic E-state index is 0.0186. The van der Waals surface area contributed by atoms with E-state index in [-0.39, 0.29) is 29.7 Å². The third kappa shape index (κ3) is 5.31. The van der Waals surface area contributed by atoms with E-state index in [0.29, 0.717) is 28.8 Å². The van der Waals surface area contributed by atoms with Crippen LogP contribution in [0, 0.1) is 0 Å². The Morgan fingerprint density at radius 1 is 1.26 bits per heavy atom. The number of hydrazine groups is 1. The lowest BCUT2D eigenvalue weighted by Gasteiger charge is -2.24. The summed E-state index contributed by atoms with van der Waals surface area (Å²) < 4.78 is 12.6.